The first-order valence-electron chi connectivity index (χ1n) is 9.81. The first kappa shape index (κ1) is 17.9. The van der Waals surface area contributed by atoms with E-state index in [4.69, 9.17) is 9.72 Å². The molecule has 4 rings (SSSR count). The molecule has 8 heteroatoms. The fourth-order valence-electron chi connectivity index (χ4n) is 3.69. The topological polar surface area (TPSA) is 88.1 Å². The molecule has 0 bridgehead atoms. The van der Waals surface area contributed by atoms with Crippen molar-refractivity contribution in [2.45, 2.75) is 38.1 Å². The fourth-order valence-corrected chi connectivity index (χ4v) is 3.69. The van der Waals surface area contributed by atoms with Crippen LogP contribution in [0.2, 0.25) is 0 Å². The van der Waals surface area contributed by atoms with Crippen molar-refractivity contribution in [1.82, 2.24) is 19.9 Å². The maximum absolute atomic E-state index is 5.47. The third-order valence-corrected chi connectivity index (χ3v) is 5.12. The summed E-state index contributed by atoms with van der Waals surface area (Å²) in [6.45, 7) is 6.33. The summed E-state index contributed by atoms with van der Waals surface area (Å²) in [5.74, 6) is 2.82. The minimum Gasteiger partial charge on any atom is -0.381 e. The molecule has 144 valence electrons. The molecular formula is C19H27N7O. The summed E-state index contributed by atoms with van der Waals surface area (Å²) in [5.41, 5.74) is 1.14. The minimum atomic E-state index is 0.289. The van der Waals surface area contributed by atoms with E-state index in [0.717, 1.165) is 69.6 Å². The molecular weight excluding hydrogens is 342 g/mol. The number of hydrogen-bond donors (Lipinski definition) is 2. The van der Waals surface area contributed by atoms with Gasteiger partial charge in [-0.3, -0.25) is 0 Å². The summed E-state index contributed by atoms with van der Waals surface area (Å²) < 4.78 is 5.47. The maximum Gasteiger partial charge on any atom is 0.225 e. The number of ether oxygens (including phenoxy) is 1. The summed E-state index contributed by atoms with van der Waals surface area (Å²) >= 11 is 0. The second-order valence-corrected chi connectivity index (χ2v) is 7.04. The normalized spacial score (nSPS) is 20.6. The van der Waals surface area contributed by atoms with Crippen molar-refractivity contribution in [3.63, 3.8) is 0 Å². The smallest absolute Gasteiger partial charge is 0.225 e. The Hall–Kier alpha value is -2.48. The first-order chi connectivity index (χ1) is 13.3. The Balaban J connectivity index is 1.38. The molecule has 0 amide bonds. The van der Waals surface area contributed by atoms with E-state index in [1.807, 2.05) is 18.3 Å². The van der Waals surface area contributed by atoms with Crippen LogP contribution in [0.25, 0.3) is 0 Å². The molecule has 2 aliphatic rings. The predicted molar refractivity (Wildman–Crippen MR) is 105 cm³/mol. The number of nitrogens with zero attached hydrogens (tertiary/aromatic N) is 5. The van der Waals surface area contributed by atoms with Gasteiger partial charge >= 0.3 is 0 Å². The van der Waals surface area contributed by atoms with Gasteiger partial charge in [0.2, 0.25) is 11.9 Å². The van der Waals surface area contributed by atoms with E-state index in [0.29, 0.717) is 11.9 Å². The van der Waals surface area contributed by atoms with Gasteiger partial charge in [0.25, 0.3) is 0 Å². The molecule has 2 fully saturated rings. The lowest BCUT2D eigenvalue weighted by atomic mass is 9.96. The van der Waals surface area contributed by atoms with Crippen LogP contribution in [-0.2, 0) is 4.74 Å². The number of hydrogen-bond acceptors (Lipinski definition) is 8. The third-order valence-electron chi connectivity index (χ3n) is 5.12. The predicted octanol–water partition coefficient (Wildman–Crippen LogP) is 2.28. The van der Waals surface area contributed by atoms with Crippen LogP contribution in [0.3, 0.4) is 0 Å². The SMILES string of the molecule is CCNc1ccnc(NC2CCN(c3nccc(C4CCOCC4)n3)C2)n1. The van der Waals surface area contributed by atoms with Gasteiger partial charge in [-0.1, -0.05) is 0 Å². The molecule has 2 saturated heterocycles. The van der Waals surface area contributed by atoms with E-state index in [9.17, 15) is 0 Å². The molecule has 0 saturated carbocycles. The van der Waals surface area contributed by atoms with Crippen molar-refractivity contribution in [3.05, 3.63) is 30.2 Å². The highest BCUT2D eigenvalue weighted by atomic mass is 16.5. The molecule has 0 aliphatic carbocycles. The average molecular weight is 369 g/mol. The van der Waals surface area contributed by atoms with Crippen molar-refractivity contribution in [1.29, 1.82) is 0 Å². The minimum absolute atomic E-state index is 0.289. The third kappa shape index (κ3) is 4.44. The van der Waals surface area contributed by atoms with Gasteiger partial charge in [-0.2, -0.15) is 4.98 Å². The van der Waals surface area contributed by atoms with Gasteiger partial charge in [-0.05, 0) is 38.3 Å². The van der Waals surface area contributed by atoms with Crippen molar-refractivity contribution in [2.24, 2.45) is 0 Å². The number of aromatic nitrogens is 4. The van der Waals surface area contributed by atoms with E-state index in [-0.39, 0.29) is 6.04 Å². The quantitative estimate of drug-likeness (QED) is 0.802. The Morgan fingerprint density at radius 2 is 1.96 bits per heavy atom. The molecule has 2 aliphatic heterocycles. The van der Waals surface area contributed by atoms with Crippen molar-refractivity contribution >= 4 is 17.7 Å². The zero-order valence-electron chi connectivity index (χ0n) is 15.8. The van der Waals surface area contributed by atoms with Crippen LogP contribution in [-0.4, -0.2) is 58.8 Å². The highest BCUT2D eigenvalue weighted by Crippen LogP contribution is 2.27. The van der Waals surface area contributed by atoms with E-state index in [1.54, 1.807) is 6.20 Å². The van der Waals surface area contributed by atoms with Crippen LogP contribution in [0.5, 0.6) is 0 Å². The zero-order chi connectivity index (χ0) is 18.5. The first-order valence-corrected chi connectivity index (χ1v) is 9.81. The number of anilines is 3. The van der Waals surface area contributed by atoms with Crippen LogP contribution in [0.15, 0.2) is 24.5 Å². The summed E-state index contributed by atoms with van der Waals surface area (Å²) in [5, 5.41) is 6.66. The van der Waals surface area contributed by atoms with Gasteiger partial charge in [0.15, 0.2) is 0 Å². The second kappa shape index (κ2) is 8.47. The summed E-state index contributed by atoms with van der Waals surface area (Å²) in [6.07, 6.45) is 6.76. The van der Waals surface area contributed by atoms with Crippen molar-refractivity contribution < 1.29 is 4.74 Å². The van der Waals surface area contributed by atoms with Gasteiger partial charge in [-0.15, -0.1) is 0 Å². The summed E-state index contributed by atoms with van der Waals surface area (Å²) in [4.78, 5) is 20.4. The lowest BCUT2D eigenvalue weighted by Crippen LogP contribution is -2.28. The fraction of sp³-hybridized carbons (Fsp3) is 0.579. The van der Waals surface area contributed by atoms with Crippen LogP contribution in [0, 0.1) is 0 Å². The largest absolute Gasteiger partial charge is 0.381 e. The maximum atomic E-state index is 5.47. The molecule has 0 radical (unpaired) electrons. The van der Waals surface area contributed by atoms with Gasteiger partial charge in [0.05, 0.1) is 0 Å². The molecule has 0 spiro atoms. The molecule has 2 aromatic heterocycles. The van der Waals surface area contributed by atoms with E-state index in [1.165, 1.54) is 0 Å². The zero-order valence-corrected chi connectivity index (χ0v) is 15.8. The average Bonchev–Trinajstić information content (AvgIpc) is 3.18. The Labute approximate surface area is 159 Å². The highest BCUT2D eigenvalue weighted by molar-refractivity contribution is 5.41. The number of nitrogens with one attached hydrogen (secondary N) is 2. The molecule has 4 heterocycles. The molecule has 1 atom stereocenters. The molecule has 1 unspecified atom stereocenters. The standard InChI is InChI=1S/C19H27N7O/c1-2-20-17-4-9-21-18(25-17)23-15-5-10-26(13-15)19-22-8-3-16(24-19)14-6-11-27-12-7-14/h3-4,8-9,14-15H,2,5-7,10-13H2,1H3,(H2,20,21,23,25). The highest BCUT2D eigenvalue weighted by Gasteiger charge is 2.26. The summed E-state index contributed by atoms with van der Waals surface area (Å²) in [7, 11) is 0. The Morgan fingerprint density at radius 1 is 1.11 bits per heavy atom. The lowest BCUT2D eigenvalue weighted by molar-refractivity contribution is 0.0845. The van der Waals surface area contributed by atoms with Gasteiger partial charge in [0.1, 0.15) is 5.82 Å². The van der Waals surface area contributed by atoms with Crippen LogP contribution < -0.4 is 15.5 Å². The Bertz CT molecular complexity index is 750. The molecule has 0 aromatic carbocycles. The Kier molecular flexibility index (Phi) is 5.62. The second-order valence-electron chi connectivity index (χ2n) is 7.04. The number of rotatable bonds is 6. The van der Waals surface area contributed by atoms with E-state index < -0.39 is 0 Å². The molecule has 2 N–H and O–H groups in total. The van der Waals surface area contributed by atoms with Crippen LogP contribution in [0.4, 0.5) is 17.7 Å². The van der Waals surface area contributed by atoms with Crippen LogP contribution >= 0.6 is 0 Å². The van der Waals surface area contributed by atoms with Gasteiger partial charge in [0, 0.05) is 62.9 Å². The van der Waals surface area contributed by atoms with E-state index in [2.05, 4.69) is 37.4 Å². The molecule has 2 aromatic rings. The van der Waals surface area contributed by atoms with Gasteiger partial charge in [-0.25, -0.2) is 15.0 Å². The monoisotopic (exact) mass is 369 g/mol. The Morgan fingerprint density at radius 3 is 2.81 bits per heavy atom. The lowest BCUT2D eigenvalue weighted by Gasteiger charge is -2.23. The van der Waals surface area contributed by atoms with Crippen LogP contribution in [0.1, 0.15) is 37.8 Å². The summed E-state index contributed by atoms with van der Waals surface area (Å²) in [6, 6.07) is 4.22. The molecule has 27 heavy (non-hydrogen) atoms. The van der Waals surface area contributed by atoms with Gasteiger partial charge < -0.3 is 20.3 Å². The molecule has 8 nitrogen and oxygen atoms in total. The van der Waals surface area contributed by atoms with E-state index >= 15 is 0 Å². The van der Waals surface area contributed by atoms with Crippen molar-refractivity contribution in [2.75, 3.05) is 48.4 Å². The van der Waals surface area contributed by atoms with Crippen molar-refractivity contribution in [3.8, 4) is 0 Å².